The maximum atomic E-state index is 13.3. The van der Waals surface area contributed by atoms with Gasteiger partial charge in [0.05, 0.1) is 24.7 Å². The number of benzene rings is 2. The number of aryl methyl sites for hydroxylation is 1. The number of hydrogen-bond acceptors (Lipinski definition) is 4. The number of hydrogen-bond donors (Lipinski definition) is 1. The molecule has 6 heteroatoms. The minimum absolute atomic E-state index is 0.0237. The molecule has 1 N–H and O–H groups in total. The second kappa shape index (κ2) is 11.4. The quantitative estimate of drug-likeness (QED) is 0.704. The molecule has 2 aromatic carbocycles. The van der Waals surface area contributed by atoms with Crippen molar-refractivity contribution in [1.82, 2.24) is 10.2 Å². The van der Waals surface area contributed by atoms with Crippen molar-refractivity contribution in [2.24, 2.45) is 5.41 Å². The van der Waals surface area contributed by atoms with Gasteiger partial charge in [0.2, 0.25) is 5.91 Å². The molecule has 0 aromatic heterocycles. The number of piperidine rings is 1. The lowest BCUT2D eigenvalue weighted by Gasteiger charge is -2.41. The largest absolute Gasteiger partial charge is 0.496 e. The van der Waals surface area contributed by atoms with E-state index in [1.54, 1.807) is 13.2 Å². The van der Waals surface area contributed by atoms with Crippen LogP contribution in [-0.4, -0.2) is 50.1 Å². The number of nitrogens with one attached hydrogen (secondary N) is 1. The van der Waals surface area contributed by atoms with Crippen LogP contribution in [0, 0.1) is 5.41 Å². The van der Waals surface area contributed by atoms with Crippen LogP contribution in [-0.2, 0) is 11.2 Å². The van der Waals surface area contributed by atoms with Gasteiger partial charge >= 0.3 is 0 Å². The molecule has 2 aliphatic rings. The molecular formula is C28H36N2O4. The molecule has 0 radical (unpaired) electrons. The summed E-state index contributed by atoms with van der Waals surface area (Å²) in [6, 6.07) is 15.6. The number of carbonyl (C=O) groups excluding carboxylic acids is 2. The lowest BCUT2D eigenvalue weighted by molar-refractivity contribution is -0.134. The molecule has 0 bridgehead atoms. The monoisotopic (exact) mass is 464 g/mol. The number of likely N-dealkylation sites (tertiary alicyclic amines) is 1. The highest BCUT2D eigenvalue weighted by atomic mass is 16.5. The van der Waals surface area contributed by atoms with Crippen molar-refractivity contribution in [3.63, 3.8) is 0 Å². The first-order valence-corrected chi connectivity index (χ1v) is 12.5. The molecule has 34 heavy (non-hydrogen) atoms. The Kier molecular flexibility index (Phi) is 8.09. The molecule has 182 valence electrons. The summed E-state index contributed by atoms with van der Waals surface area (Å²) in [4.78, 5) is 28.3. The van der Waals surface area contributed by atoms with E-state index in [4.69, 9.17) is 9.47 Å². The third-order valence-corrected chi connectivity index (χ3v) is 7.27. The van der Waals surface area contributed by atoms with Crippen LogP contribution < -0.4 is 14.8 Å². The first kappa shape index (κ1) is 24.1. The number of fused-ring (bicyclic) bond motifs is 1. The molecule has 1 saturated heterocycles. The van der Waals surface area contributed by atoms with Crippen LogP contribution in [0.1, 0.15) is 60.9 Å². The Balaban J connectivity index is 1.40. The van der Waals surface area contributed by atoms with Crippen LogP contribution in [0.25, 0.3) is 0 Å². The van der Waals surface area contributed by atoms with E-state index < -0.39 is 5.41 Å². The fourth-order valence-corrected chi connectivity index (χ4v) is 5.17. The number of methoxy groups -OCH3 is 1. The Morgan fingerprint density at radius 3 is 2.56 bits per heavy atom. The maximum absolute atomic E-state index is 13.3. The predicted octanol–water partition coefficient (Wildman–Crippen LogP) is 4.62. The van der Waals surface area contributed by atoms with Crippen LogP contribution >= 0.6 is 0 Å². The van der Waals surface area contributed by atoms with Gasteiger partial charge in [-0.1, -0.05) is 43.2 Å². The normalized spacial score (nSPS) is 19.3. The summed E-state index contributed by atoms with van der Waals surface area (Å²) in [7, 11) is 1.58. The van der Waals surface area contributed by atoms with Crippen molar-refractivity contribution in [3.05, 3.63) is 59.7 Å². The van der Waals surface area contributed by atoms with Gasteiger partial charge in [-0.3, -0.25) is 9.59 Å². The highest BCUT2D eigenvalue weighted by Gasteiger charge is 2.41. The van der Waals surface area contributed by atoms with E-state index in [0.717, 1.165) is 44.3 Å². The molecule has 1 fully saturated rings. The Labute approximate surface area is 202 Å². The van der Waals surface area contributed by atoms with E-state index in [2.05, 4.69) is 17.4 Å². The minimum atomic E-state index is -0.402. The van der Waals surface area contributed by atoms with Gasteiger partial charge in [0, 0.05) is 19.6 Å². The van der Waals surface area contributed by atoms with Crippen molar-refractivity contribution < 1.29 is 19.1 Å². The topological polar surface area (TPSA) is 67.9 Å². The maximum Gasteiger partial charge on any atom is 0.257 e. The number of ether oxygens (including phenoxy) is 2. The van der Waals surface area contributed by atoms with Crippen LogP contribution in [0.5, 0.6) is 11.5 Å². The van der Waals surface area contributed by atoms with Crippen molar-refractivity contribution >= 4 is 11.8 Å². The average molecular weight is 465 g/mol. The van der Waals surface area contributed by atoms with Crippen molar-refractivity contribution in [1.29, 1.82) is 0 Å². The van der Waals surface area contributed by atoms with Gasteiger partial charge in [-0.2, -0.15) is 0 Å². The summed E-state index contributed by atoms with van der Waals surface area (Å²) in [6.45, 7) is 2.36. The lowest BCUT2D eigenvalue weighted by atomic mass is 9.73. The Bertz CT molecular complexity index is 982. The van der Waals surface area contributed by atoms with E-state index in [1.165, 1.54) is 5.56 Å². The fraction of sp³-hybridized carbons (Fsp3) is 0.500. The van der Waals surface area contributed by atoms with Crippen LogP contribution in [0.3, 0.4) is 0 Å². The zero-order valence-electron chi connectivity index (χ0n) is 20.2. The van der Waals surface area contributed by atoms with Crippen LogP contribution in [0.2, 0.25) is 0 Å². The third-order valence-electron chi connectivity index (χ3n) is 7.27. The summed E-state index contributed by atoms with van der Waals surface area (Å²) in [5.41, 5.74) is 1.44. The average Bonchev–Trinajstić information content (AvgIpc) is 2.88. The summed E-state index contributed by atoms with van der Waals surface area (Å²) >= 11 is 0. The molecular weight excluding hydrogens is 428 g/mol. The van der Waals surface area contributed by atoms with E-state index in [9.17, 15) is 9.59 Å². The molecule has 0 unspecified atom stereocenters. The highest BCUT2D eigenvalue weighted by Crippen LogP contribution is 2.38. The van der Waals surface area contributed by atoms with Gasteiger partial charge in [0.15, 0.2) is 0 Å². The summed E-state index contributed by atoms with van der Waals surface area (Å²) in [5.74, 6) is 1.67. The molecule has 6 nitrogen and oxygen atoms in total. The summed E-state index contributed by atoms with van der Waals surface area (Å²) < 4.78 is 11.4. The molecule has 2 amide bonds. The number of para-hydroxylation sites is 2. The van der Waals surface area contributed by atoms with Crippen molar-refractivity contribution in [2.45, 2.75) is 51.4 Å². The Morgan fingerprint density at radius 2 is 1.74 bits per heavy atom. The van der Waals surface area contributed by atoms with Gasteiger partial charge in [0.25, 0.3) is 5.91 Å². The van der Waals surface area contributed by atoms with Gasteiger partial charge in [-0.25, -0.2) is 0 Å². The molecule has 2 heterocycles. The predicted molar refractivity (Wildman–Crippen MR) is 132 cm³/mol. The molecule has 2 aliphatic heterocycles. The van der Waals surface area contributed by atoms with E-state index in [0.29, 0.717) is 50.4 Å². The molecule has 0 atom stereocenters. The summed E-state index contributed by atoms with van der Waals surface area (Å²) in [6.07, 6.45) is 7.19. The standard InChI is InChI=1S/C28H36N2O4/c1-33-25-14-7-5-12-23(25)26(31)30-19-16-28(17-20-30)15-8-2-3-10-22-11-4-6-13-24(22)34-21-9-18-29-27(28)32/h4-7,11-14H,2-3,8-10,15-21H2,1H3,(H,29,32). The zero-order chi connectivity index (χ0) is 23.8. The molecule has 0 saturated carbocycles. The van der Waals surface area contributed by atoms with Gasteiger partial charge < -0.3 is 19.7 Å². The smallest absolute Gasteiger partial charge is 0.257 e. The van der Waals surface area contributed by atoms with Gasteiger partial charge in [-0.15, -0.1) is 0 Å². The Hall–Kier alpha value is -3.02. The minimum Gasteiger partial charge on any atom is -0.496 e. The van der Waals surface area contributed by atoms with E-state index >= 15 is 0 Å². The number of carbonyl (C=O) groups is 2. The van der Waals surface area contributed by atoms with Gasteiger partial charge in [-0.05, 0) is 62.3 Å². The molecule has 4 rings (SSSR count). The highest BCUT2D eigenvalue weighted by molar-refractivity contribution is 5.97. The van der Waals surface area contributed by atoms with Crippen molar-refractivity contribution in [2.75, 3.05) is 33.4 Å². The van der Waals surface area contributed by atoms with Gasteiger partial charge in [0.1, 0.15) is 11.5 Å². The zero-order valence-corrected chi connectivity index (χ0v) is 20.2. The second-order valence-corrected chi connectivity index (χ2v) is 9.40. The van der Waals surface area contributed by atoms with E-state index in [-0.39, 0.29) is 11.8 Å². The second-order valence-electron chi connectivity index (χ2n) is 9.40. The molecule has 2 aromatic rings. The van der Waals surface area contributed by atoms with Crippen molar-refractivity contribution in [3.8, 4) is 11.5 Å². The van der Waals surface area contributed by atoms with E-state index in [1.807, 2.05) is 35.2 Å². The Morgan fingerprint density at radius 1 is 0.971 bits per heavy atom. The first-order valence-electron chi connectivity index (χ1n) is 12.5. The number of nitrogens with zero attached hydrogens (tertiary/aromatic N) is 1. The molecule has 1 spiro atoms. The van der Waals surface area contributed by atoms with Crippen LogP contribution in [0.15, 0.2) is 48.5 Å². The molecule has 0 aliphatic carbocycles. The van der Waals surface area contributed by atoms with Crippen LogP contribution in [0.4, 0.5) is 0 Å². The summed E-state index contributed by atoms with van der Waals surface area (Å²) in [5, 5.41) is 3.17. The number of rotatable bonds is 2. The SMILES string of the molecule is COc1ccccc1C(=O)N1CCC2(CCCCCc3ccccc3OCCCNC2=O)CC1. The fourth-order valence-electron chi connectivity index (χ4n) is 5.17. The lowest BCUT2D eigenvalue weighted by Crippen LogP contribution is -2.50. The number of amides is 2. The first-order chi connectivity index (χ1) is 16.6. The third kappa shape index (κ3) is 5.54.